The minimum atomic E-state index is -0.925. The molecule has 2 amide bonds. The maximum absolute atomic E-state index is 10.8. The molecule has 0 saturated carbocycles. The van der Waals surface area contributed by atoms with Gasteiger partial charge in [-0.1, -0.05) is 24.1 Å². The number of methoxy groups -OCH3 is 1. The maximum Gasteiger partial charge on any atom is 0.452 e. The number of carbonyl (C=O) groups is 2. The fourth-order valence-electron chi connectivity index (χ4n) is 0.533. The number of azo groups is 1. The Kier molecular flexibility index (Phi) is 6.26. The summed E-state index contributed by atoms with van der Waals surface area (Å²) >= 11 is 0. The predicted octanol–water partition coefficient (Wildman–Crippen LogP) is 2.39. The molecule has 6 heteroatoms. The summed E-state index contributed by atoms with van der Waals surface area (Å²) < 4.78 is 8.78. The zero-order valence-corrected chi connectivity index (χ0v) is 8.52. The average molecular weight is 202 g/mol. The van der Waals surface area contributed by atoms with Gasteiger partial charge in [-0.15, -0.1) is 0 Å². The van der Waals surface area contributed by atoms with Gasteiger partial charge in [0, 0.05) is 0 Å². The molecule has 0 fully saturated rings. The van der Waals surface area contributed by atoms with Crippen molar-refractivity contribution in [1.29, 1.82) is 0 Å². The van der Waals surface area contributed by atoms with E-state index in [-0.39, 0.29) is 6.61 Å². The van der Waals surface area contributed by atoms with Gasteiger partial charge in [-0.25, -0.2) is 9.59 Å². The summed E-state index contributed by atoms with van der Waals surface area (Å²) in [5, 5.41) is 5.91. The normalized spacial score (nSPS) is 10.6. The molecule has 0 unspecified atom stereocenters. The smallest absolute Gasteiger partial charge is 0.450 e. The number of nitrogens with zero attached hydrogens (tertiary/aromatic N) is 2. The topological polar surface area (TPSA) is 77.3 Å². The van der Waals surface area contributed by atoms with E-state index in [4.69, 9.17) is 0 Å². The summed E-state index contributed by atoms with van der Waals surface area (Å²) in [4.78, 5) is 21.2. The van der Waals surface area contributed by atoms with Gasteiger partial charge in [0.1, 0.15) is 0 Å². The third-order valence-corrected chi connectivity index (χ3v) is 1.31. The molecule has 0 N–H and O–H groups in total. The van der Waals surface area contributed by atoms with E-state index in [0.717, 1.165) is 13.5 Å². The largest absolute Gasteiger partial charge is 0.452 e. The highest BCUT2D eigenvalue weighted by Gasteiger charge is 2.02. The van der Waals surface area contributed by atoms with Crippen LogP contribution in [0.25, 0.3) is 0 Å². The van der Waals surface area contributed by atoms with Crippen molar-refractivity contribution in [1.82, 2.24) is 0 Å². The molecule has 0 spiro atoms. The first-order chi connectivity index (χ1) is 6.56. The van der Waals surface area contributed by atoms with Crippen LogP contribution in [-0.2, 0) is 9.47 Å². The van der Waals surface area contributed by atoms with E-state index >= 15 is 0 Å². The van der Waals surface area contributed by atoms with Crippen LogP contribution in [0.5, 0.6) is 0 Å². The molecule has 0 aromatic rings. The van der Waals surface area contributed by atoms with Crippen molar-refractivity contribution in [3.8, 4) is 0 Å². The molecule has 0 aliphatic carbocycles. The van der Waals surface area contributed by atoms with Crippen LogP contribution in [0.1, 0.15) is 20.3 Å². The molecule has 0 bridgehead atoms. The van der Waals surface area contributed by atoms with Gasteiger partial charge in [-0.3, -0.25) is 0 Å². The van der Waals surface area contributed by atoms with Crippen LogP contribution < -0.4 is 0 Å². The number of rotatable bonds is 3. The number of ether oxygens (including phenoxy) is 2. The van der Waals surface area contributed by atoms with Crippen LogP contribution in [0.3, 0.4) is 0 Å². The van der Waals surface area contributed by atoms with Crippen LogP contribution in [0.4, 0.5) is 9.59 Å². The zero-order chi connectivity index (χ0) is 11.0. The van der Waals surface area contributed by atoms with Crippen molar-refractivity contribution < 1.29 is 19.1 Å². The van der Waals surface area contributed by atoms with E-state index in [0.29, 0.717) is 5.92 Å². The number of hydrogen-bond acceptors (Lipinski definition) is 4. The third-order valence-electron chi connectivity index (χ3n) is 1.31. The van der Waals surface area contributed by atoms with Crippen LogP contribution in [0.15, 0.2) is 10.2 Å². The molecule has 6 nitrogen and oxygen atoms in total. The Bertz CT molecular complexity index is 225. The minimum absolute atomic E-state index is 0.274. The predicted molar refractivity (Wildman–Crippen MR) is 48.1 cm³/mol. The second-order valence-electron chi connectivity index (χ2n) is 2.97. The Morgan fingerprint density at radius 2 is 1.79 bits per heavy atom. The van der Waals surface area contributed by atoms with Gasteiger partial charge in [0.05, 0.1) is 13.7 Å². The van der Waals surface area contributed by atoms with Crippen molar-refractivity contribution in [3.05, 3.63) is 0 Å². The van der Waals surface area contributed by atoms with Crippen LogP contribution in [0, 0.1) is 5.92 Å². The summed E-state index contributed by atoms with van der Waals surface area (Å²) in [7, 11) is 1.14. The maximum atomic E-state index is 10.8. The molecule has 0 aliphatic heterocycles. The van der Waals surface area contributed by atoms with E-state index in [1.165, 1.54) is 0 Å². The second kappa shape index (κ2) is 6.99. The average Bonchev–Trinajstić information content (AvgIpc) is 2.13. The lowest BCUT2D eigenvalue weighted by Gasteiger charge is -2.02. The van der Waals surface area contributed by atoms with E-state index in [9.17, 15) is 9.59 Å². The number of carbonyl (C=O) groups excluding carboxylic acids is 2. The molecule has 14 heavy (non-hydrogen) atoms. The van der Waals surface area contributed by atoms with Crippen molar-refractivity contribution in [2.24, 2.45) is 16.1 Å². The molecule has 0 aliphatic rings. The Balaban J connectivity index is 3.65. The summed E-state index contributed by atoms with van der Waals surface area (Å²) in [5.74, 6) is 0.445. The quantitative estimate of drug-likeness (QED) is 0.658. The van der Waals surface area contributed by atoms with Gasteiger partial charge in [0.25, 0.3) is 0 Å². The lowest BCUT2D eigenvalue weighted by atomic mass is 10.1. The first-order valence-corrected chi connectivity index (χ1v) is 4.22. The van der Waals surface area contributed by atoms with Gasteiger partial charge < -0.3 is 9.47 Å². The second-order valence-corrected chi connectivity index (χ2v) is 2.97. The Labute approximate surface area is 82.3 Å². The zero-order valence-electron chi connectivity index (χ0n) is 8.52. The molecule has 0 rings (SSSR count). The lowest BCUT2D eigenvalue weighted by Crippen LogP contribution is -2.03. The first-order valence-electron chi connectivity index (χ1n) is 4.22. The highest BCUT2D eigenvalue weighted by Crippen LogP contribution is 1.99. The van der Waals surface area contributed by atoms with Gasteiger partial charge in [0.15, 0.2) is 0 Å². The molecule has 80 valence electrons. The molecule has 0 radical (unpaired) electrons. The fourth-order valence-corrected chi connectivity index (χ4v) is 0.533. The third kappa shape index (κ3) is 7.20. The first kappa shape index (κ1) is 12.5. The summed E-state index contributed by atoms with van der Waals surface area (Å²) in [5.41, 5.74) is 0. The number of hydrogen-bond donors (Lipinski definition) is 0. The molecule has 0 aromatic heterocycles. The summed E-state index contributed by atoms with van der Waals surface area (Å²) in [6, 6.07) is 0. The molecule has 0 heterocycles. The van der Waals surface area contributed by atoms with Crippen LogP contribution in [0.2, 0.25) is 0 Å². The SMILES string of the molecule is COC(=O)N=NC(=O)OCCC(C)C. The molecular weight excluding hydrogens is 188 g/mol. The van der Waals surface area contributed by atoms with Crippen molar-refractivity contribution in [3.63, 3.8) is 0 Å². The fraction of sp³-hybridized carbons (Fsp3) is 0.750. The Morgan fingerprint density at radius 3 is 2.29 bits per heavy atom. The standard InChI is InChI=1S/C8H14N2O4/c1-6(2)4-5-14-8(12)10-9-7(11)13-3/h6H,4-5H2,1-3H3. The highest BCUT2D eigenvalue weighted by molar-refractivity contribution is 5.72. The van der Waals surface area contributed by atoms with E-state index in [2.05, 4.69) is 19.7 Å². The van der Waals surface area contributed by atoms with E-state index < -0.39 is 12.2 Å². The van der Waals surface area contributed by atoms with Gasteiger partial charge in [0.2, 0.25) is 0 Å². The summed E-state index contributed by atoms with van der Waals surface area (Å²) in [6.45, 7) is 4.28. The highest BCUT2D eigenvalue weighted by atomic mass is 16.6. The minimum Gasteiger partial charge on any atom is -0.450 e. The Morgan fingerprint density at radius 1 is 1.21 bits per heavy atom. The van der Waals surface area contributed by atoms with Crippen molar-refractivity contribution in [2.75, 3.05) is 13.7 Å². The van der Waals surface area contributed by atoms with Crippen molar-refractivity contribution >= 4 is 12.2 Å². The van der Waals surface area contributed by atoms with Gasteiger partial charge in [-0.05, 0) is 12.3 Å². The molecule has 0 saturated heterocycles. The molecule has 0 atom stereocenters. The monoisotopic (exact) mass is 202 g/mol. The van der Waals surface area contributed by atoms with E-state index in [1.807, 2.05) is 13.8 Å². The van der Waals surface area contributed by atoms with Crippen LogP contribution >= 0.6 is 0 Å². The van der Waals surface area contributed by atoms with E-state index in [1.54, 1.807) is 0 Å². The van der Waals surface area contributed by atoms with Gasteiger partial charge in [-0.2, -0.15) is 0 Å². The van der Waals surface area contributed by atoms with Crippen molar-refractivity contribution in [2.45, 2.75) is 20.3 Å². The lowest BCUT2D eigenvalue weighted by molar-refractivity contribution is 0.147. The summed E-state index contributed by atoms with van der Waals surface area (Å²) in [6.07, 6.45) is -1.05. The van der Waals surface area contributed by atoms with Gasteiger partial charge >= 0.3 is 12.2 Å². The van der Waals surface area contributed by atoms with Crippen LogP contribution in [-0.4, -0.2) is 25.9 Å². The number of amides is 2. The molecule has 0 aromatic carbocycles. The Hall–Kier alpha value is -1.46. The molecular formula is C8H14N2O4.